The first-order valence-corrected chi connectivity index (χ1v) is 15.6. The number of hydrogen-bond donors (Lipinski definition) is 1. The zero-order valence-electron chi connectivity index (χ0n) is 28.1. The van der Waals surface area contributed by atoms with Gasteiger partial charge in [0.1, 0.15) is 0 Å². The molecule has 2 nitrogen and oxygen atoms in total. The average Bonchev–Trinajstić information content (AvgIpc) is 3.10. The standard InChI is InChI=1S/C40H56O2/c1-30(18-13-20-32(3)23-25-36-34(5)22-15-27-38(36,6)7)16-11-12-17-31(2)19-14-21-33(4)24-26-37(42)40(10)29-35(41)28-39(40,8)9/h11-14,16-21,23-26,35,41H,15,22,27-29H2,1-10H3/b12-11+,18-13+,19-14+,25-23+,26-24+,30-16+,31-17+,32-20-,33-21-. The van der Waals surface area contributed by atoms with Gasteiger partial charge in [-0.3, -0.25) is 4.79 Å². The van der Waals surface area contributed by atoms with Crippen LogP contribution in [0.3, 0.4) is 0 Å². The molecule has 42 heavy (non-hydrogen) atoms. The number of carbonyl (C=O) groups is 1. The molecule has 2 aliphatic rings. The van der Waals surface area contributed by atoms with Crippen LogP contribution in [0.5, 0.6) is 0 Å². The zero-order valence-corrected chi connectivity index (χ0v) is 28.1. The van der Waals surface area contributed by atoms with E-state index in [-0.39, 0.29) is 16.6 Å². The Morgan fingerprint density at radius 2 is 1.21 bits per heavy atom. The maximum atomic E-state index is 12.9. The maximum Gasteiger partial charge on any atom is 0.162 e. The van der Waals surface area contributed by atoms with Gasteiger partial charge in [-0.25, -0.2) is 0 Å². The first-order chi connectivity index (χ1) is 19.6. The molecule has 2 atom stereocenters. The van der Waals surface area contributed by atoms with E-state index >= 15 is 0 Å². The predicted molar refractivity (Wildman–Crippen MR) is 183 cm³/mol. The van der Waals surface area contributed by atoms with Crippen molar-refractivity contribution in [3.05, 3.63) is 119 Å². The number of aliphatic hydroxyl groups is 1. The van der Waals surface area contributed by atoms with Gasteiger partial charge in [0.25, 0.3) is 0 Å². The minimum atomic E-state index is -0.524. The Hall–Kier alpha value is -2.97. The summed E-state index contributed by atoms with van der Waals surface area (Å²) in [6, 6.07) is 0. The highest BCUT2D eigenvalue weighted by molar-refractivity contribution is 5.95. The molecule has 0 saturated heterocycles. The molecular weight excluding hydrogens is 512 g/mol. The largest absolute Gasteiger partial charge is 0.393 e. The van der Waals surface area contributed by atoms with Crippen LogP contribution in [0.4, 0.5) is 0 Å². The van der Waals surface area contributed by atoms with Crippen molar-refractivity contribution >= 4 is 5.78 Å². The highest BCUT2D eigenvalue weighted by Gasteiger charge is 2.52. The third kappa shape index (κ3) is 10.4. The van der Waals surface area contributed by atoms with E-state index in [0.717, 1.165) is 11.1 Å². The molecule has 0 aliphatic heterocycles. The van der Waals surface area contributed by atoms with Crippen molar-refractivity contribution in [2.75, 3.05) is 0 Å². The summed E-state index contributed by atoms with van der Waals surface area (Å²) in [6.45, 7) is 21.5. The summed E-state index contributed by atoms with van der Waals surface area (Å²) in [5.41, 5.74) is 7.17. The van der Waals surface area contributed by atoms with Crippen molar-refractivity contribution in [2.24, 2.45) is 16.2 Å². The lowest BCUT2D eigenvalue weighted by Crippen LogP contribution is -2.36. The first kappa shape index (κ1) is 35.2. The van der Waals surface area contributed by atoms with Crippen LogP contribution in [0.1, 0.15) is 101 Å². The molecule has 2 heteroatoms. The summed E-state index contributed by atoms with van der Waals surface area (Å²) in [6.07, 6.45) is 33.5. The van der Waals surface area contributed by atoms with Crippen LogP contribution in [0, 0.1) is 16.2 Å². The third-order valence-electron chi connectivity index (χ3n) is 9.25. The number of allylic oxidation sites excluding steroid dienone is 20. The normalized spacial score (nSPS) is 26.3. The molecule has 228 valence electrons. The Balaban J connectivity index is 1.88. The fraction of sp³-hybridized carbons (Fsp3) is 0.475. The van der Waals surface area contributed by atoms with Crippen LogP contribution in [-0.2, 0) is 4.79 Å². The minimum Gasteiger partial charge on any atom is -0.393 e. The molecule has 1 N–H and O–H groups in total. The van der Waals surface area contributed by atoms with E-state index in [2.05, 4.69) is 116 Å². The van der Waals surface area contributed by atoms with Gasteiger partial charge in [-0.15, -0.1) is 0 Å². The molecule has 2 aliphatic carbocycles. The van der Waals surface area contributed by atoms with E-state index < -0.39 is 11.5 Å². The highest BCUT2D eigenvalue weighted by Crippen LogP contribution is 2.53. The van der Waals surface area contributed by atoms with Crippen molar-refractivity contribution < 1.29 is 9.90 Å². The predicted octanol–water partition coefficient (Wildman–Crippen LogP) is 10.8. The molecule has 1 fully saturated rings. The molecule has 0 spiro atoms. The molecule has 0 aromatic carbocycles. The molecule has 1 saturated carbocycles. The summed E-state index contributed by atoms with van der Waals surface area (Å²) < 4.78 is 0. The van der Waals surface area contributed by atoms with E-state index in [1.165, 1.54) is 41.6 Å². The molecule has 0 radical (unpaired) electrons. The molecule has 0 aromatic heterocycles. The molecule has 0 heterocycles. The van der Waals surface area contributed by atoms with Crippen molar-refractivity contribution in [3.8, 4) is 0 Å². The van der Waals surface area contributed by atoms with E-state index in [4.69, 9.17) is 0 Å². The van der Waals surface area contributed by atoms with E-state index in [0.29, 0.717) is 12.8 Å². The SMILES string of the molecule is CC1=C(/C=C/C(C)=C\C=C\C(C)=C\C=C\C=C(C)\C=C\C=C(C)/C=C/C(=O)C2(C)CC(O)CC2(C)C)C(C)(C)CCC1. The minimum absolute atomic E-state index is 0.0925. The second-order valence-electron chi connectivity index (χ2n) is 14.0. The topological polar surface area (TPSA) is 37.3 Å². The highest BCUT2D eigenvalue weighted by atomic mass is 16.3. The van der Waals surface area contributed by atoms with Gasteiger partial charge in [-0.05, 0) is 89.2 Å². The lowest BCUT2D eigenvalue weighted by atomic mass is 9.66. The summed E-state index contributed by atoms with van der Waals surface area (Å²) in [7, 11) is 0. The van der Waals surface area contributed by atoms with Gasteiger partial charge in [0.05, 0.1) is 6.10 Å². The summed E-state index contributed by atoms with van der Waals surface area (Å²) >= 11 is 0. The monoisotopic (exact) mass is 568 g/mol. The van der Waals surface area contributed by atoms with Crippen molar-refractivity contribution in [3.63, 3.8) is 0 Å². The fourth-order valence-corrected chi connectivity index (χ4v) is 6.02. The Morgan fingerprint density at radius 1 is 0.714 bits per heavy atom. The van der Waals surface area contributed by atoms with Crippen molar-refractivity contribution in [1.29, 1.82) is 0 Å². The van der Waals surface area contributed by atoms with Crippen LogP contribution < -0.4 is 0 Å². The summed E-state index contributed by atoms with van der Waals surface area (Å²) in [5, 5.41) is 10.1. The van der Waals surface area contributed by atoms with E-state index in [1.807, 2.05) is 32.1 Å². The molecule has 2 unspecified atom stereocenters. The molecule has 2 rings (SSSR count). The molecular formula is C40H56O2. The van der Waals surface area contributed by atoms with Gasteiger partial charge in [0, 0.05) is 5.41 Å². The lowest BCUT2D eigenvalue weighted by Gasteiger charge is -2.35. The number of hydrogen-bond acceptors (Lipinski definition) is 2. The number of aliphatic hydroxyl groups excluding tert-OH is 1. The van der Waals surface area contributed by atoms with Gasteiger partial charge >= 0.3 is 0 Å². The van der Waals surface area contributed by atoms with Crippen LogP contribution in [0.25, 0.3) is 0 Å². The van der Waals surface area contributed by atoms with Gasteiger partial charge < -0.3 is 5.11 Å². The van der Waals surface area contributed by atoms with Crippen LogP contribution in [0.2, 0.25) is 0 Å². The number of carbonyl (C=O) groups excluding carboxylic acids is 1. The molecule has 0 aromatic rings. The Labute approximate surface area is 257 Å². The molecule has 0 bridgehead atoms. The summed E-state index contributed by atoms with van der Waals surface area (Å²) in [4.78, 5) is 12.9. The maximum absolute atomic E-state index is 12.9. The third-order valence-corrected chi connectivity index (χ3v) is 9.25. The van der Waals surface area contributed by atoms with Gasteiger partial charge in [0.15, 0.2) is 5.78 Å². The van der Waals surface area contributed by atoms with Crippen LogP contribution in [0.15, 0.2) is 119 Å². The van der Waals surface area contributed by atoms with Crippen molar-refractivity contribution in [1.82, 2.24) is 0 Å². The van der Waals surface area contributed by atoms with E-state index in [9.17, 15) is 9.90 Å². The second kappa shape index (κ2) is 15.5. The Morgan fingerprint density at radius 3 is 1.71 bits per heavy atom. The van der Waals surface area contributed by atoms with Gasteiger partial charge in [-0.1, -0.05) is 141 Å². The number of ketones is 1. The smallest absolute Gasteiger partial charge is 0.162 e. The second-order valence-corrected chi connectivity index (χ2v) is 14.0. The van der Waals surface area contributed by atoms with Gasteiger partial charge in [-0.2, -0.15) is 0 Å². The van der Waals surface area contributed by atoms with E-state index in [1.54, 1.807) is 6.08 Å². The average molecular weight is 569 g/mol. The van der Waals surface area contributed by atoms with Crippen LogP contribution in [-0.4, -0.2) is 17.0 Å². The number of rotatable bonds is 11. The Bertz CT molecular complexity index is 1280. The fourth-order valence-electron chi connectivity index (χ4n) is 6.02. The Kier molecular flexibility index (Phi) is 13.0. The first-order valence-electron chi connectivity index (χ1n) is 15.6. The van der Waals surface area contributed by atoms with Crippen molar-refractivity contribution in [2.45, 2.75) is 107 Å². The molecule has 0 amide bonds. The van der Waals surface area contributed by atoms with Crippen LogP contribution >= 0.6 is 0 Å². The summed E-state index contributed by atoms with van der Waals surface area (Å²) in [5.74, 6) is 0.0925. The van der Waals surface area contributed by atoms with Gasteiger partial charge in [0.2, 0.25) is 0 Å². The zero-order chi connectivity index (χ0) is 31.6. The lowest BCUT2D eigenvalue weighted by molar-refractivity contribution is -0.127. The quantitative estimate of drug-likeness (QED) is 0.199.